The topological polar surface area (TPSA) is 6.48 Å². The molecule has 0 bridgehead atoms. The molecule has 0 fully saturated rings. The first-order valence-electron chi connectivity index (χ1n) is 29.7. The third kappa shape index (κ3) is 17.7. The Morgan fingerprint density at radius 2 is 0.647 bits per heavy atom. The Bertz CT molecular complexity index is 3700. The molecule has 0 atom stereocenters. The number of nitrogens with zero attached hydrogens (tertiary/aromatic N) is 2. The first-order chi connectivity index (χ1) is 41.7. The number of anilines is 6. The minimum Gasteiger partial charge on any atom is -0.311 e. The molecule has 2 heteroatoms. The van der Waals surface area contributed by atoms with Gasteiger partial charge >= 0.3 is 0 Å². The van der Waals surface area contributed by atoms with Crippen molar-refractivity contribution in [2.45, 2.75) is 62.3 Å². The van der Waals surface area contributed by atoms with Gasteiger partial charge in [-0.05, 0) is 185 Å². The van der Waals surface area contributed by atoms with Crippen LogP contribution in [-0.2, 0) is 0 Å². The van der Waals surface area contributed by atoms with E-state index in [-0.39, 0.29) is 0 Å². The molecule has 0 N–H and O–H groups in total. The van der Waals surface area contributed by atoms with Gasteiger partial charge in [-0.1, -0.05) is 284 Å². The third-order valence-corrected chi connectivity index (χ3v) is 13.8. The number of hydrogen-bond acceptors (Lipinski definition) is 2. The first-order valence-corrected chi connectivity index (χ1v) is 29.7. The zero-order chi connectivity index (χ0) is 60.8. The fraction of sp³-hybridized carbons (Fsp3) is 0.108. The van der Waals surface area contributed by atoms with Crippen LogP contribution >= 0.6 is 0 Å². The molecule has 10 aromatic rings. The fourth-order valence-corrected chi connectivity index (χ4v) is 9.66. The summed E-state index contributed by atoms with van der Waals surface area (Å²) in [4.78, 5) is 4.65. The van der Waals surface area contributed by atoms with Crippen molar-refractivity contribution >= 4 is 61.6 Å². The lowest BCUT2D eigenvalue weighted by atomic mass is 10.0. The number of allylic oxidation sites excluding steroid dienone is 13. The summed E-state index contributed by atoms with van der Waals surface area (Å²) in [6, 6.07) is 89.0. The van der Waals surface area contributed by atoms with Crippen molar-refractivity contribution in [3.8, 4) is 33.4 Å². The van der Waals surface area contributed by atoms with E-state index in [1.807, 2.05) is 72.8 Å². The van der Waals surface area contributed by atoms with Crippen LogP contribution in [-0.4, -0.2) is 0 Å². The Morgan fingerprint density at radius 1 is 0.329 bits per heavy atom. The van der Waals surface area contributed by atoms with Crippen molar-refractivity contribution in [2.24, 2.45) is 0 Å². The van der Waals surface area contributed by atoms with Gasteiger partial charge in [-0.25, -0.2) is 0 Å². The summed E-state index contributed by atoms with van der Waals surface area (Å²) < 4.78 is 0. The molecule has 0 aliphatic carbocycles. The number of rotatable bonds is 16. The molecule has 426 valence electrons. The van der Waals surface area contributed by atoms with Crippen molar-refractivity contribution in [1.82, 2.24) is 0 Å². The van der Waals surface area contributed by atoms with E-state index in [0.29, 0.717) is 0 Å². The van der Waals surface area contributed by atoms with E-state index in [1.165, 1.54) is 49.7 Å². The highest BCUT2D eigenvalue weighted by Crippen LogP contribution is 2.40. The number of hydrogen-bond donors (Lipinski definition) is 0. The highest BCUT2D eigenvalue weighted by Gasteiger charge is 2.16. The van der Waals surface area contributed by atoms with Crippen LogP contribution in [0.1, 0.15) is 79.0 Å². The smallest absolute Gasteiger partial charge is 0.0462 e. The molecule has 0 amide bonds. The molecular formula is C83H84N2. The zero-order valence-corrected chi connectivity index (χ0v) is 51.5. The molecular weight excluding hydrogens is 1020 g/mol. The first kappa shape index (κ1) is 64.2. The van der Waals surface area contributed by atoms with Gasteiger partial charge in [0.15, 0.2) is 0 Å². The van der Waals surface area contributed by atoms with E-state index >= 15 is 0 Å². The van der Waals surface area contributed by atoms with Gasteiger partial charge in [0.1, 0.15) is 0 Å². The molecule has 0 unspecified atom stereocenters. The van der Waals surface area contributed by atoms with Gasteiger partial charge < -0.3 is 9.80 Å². The lowest BCUT2D eigenvalue weighted by molar-refractivity contribution is 1.28. The molecule has 2 nitrogen and oxygen atoms in total. The Balaban J connectivity index is 0.000000444. The van der Waals surface area contributed by atoms with Crippen LogP contribution in [0.3, 0.4) is 0 Å². The van der Waals surface area contributed by atoms with Crippen LogP contribution in [0.5, 0.6) is 0 Å². The maximum atomic E-state index is 3.93. The molecule has 10 rings (SSSR count). The maximum Gasteiger partial charge on any atom is 0.0462 e. The van der Waals surface area contributed by atoms with E-state index in [0.717, 1.165) is 62.0 Å². The molecule has 0 radical (unpaired) electrons. The second-order valence-electron chi connectivity index (χ2n) is 19.4. The summed E-state index contributed by atoms with van der Waals surface area (Å²) in [5.41, 5.74) is 20.6. The molecule has 0 aliphatic rings. The van der Waals surface area contributed by atoms with Crippen molar-refractivity contribution < 1.29 is 0 Å². The van der Waals surface area contributed by atoms with Gasteiger partial charge in [-0.3, -0.25) is 0 Å². The van der Waals surface area contributed by atoms with Gasteiger partial charge in [0.2, 0.25) is 0 Å². The Kier molecular flexibility index (Phi) is 26.0. The minimum absolute atomic E-state index is 1.08. The van der Waals surface area contributed by atoms with Crippen LogP contribution in [0.4, 0.5) is 34.1 Å². The van der Waals surface area contributed by atoms with Crippen LogP contribution in [0.25, 0.3) is 60.9 Å². The van der Waals surface area contributed by atoms with Crippen molar-refractivity contribution in [3.05, 3.63) is 346 Å². The van der Waals surface area contributed by atoms with Crippen molar-refractivity contribution in [3.63, 3.8) is 0 Å². The zero-order valence-electron chi connectivity index (χ0n) is 51.5. The van der Waals surface area contributed by atoms with Crippen LogP contribution in [0, 0.1) is 0 Å². The monoisotopic (exact) mass is 1110 g/mol. The molecule has 0 aromatic heterocycles. The van der Waals surface area contributed by atoms with Crippen LogP contribution in [0.15, 0.2) is 329 Å². The normalized spacial score (nSPS) is 11.0. The fourth-order valence-electron chi connectivity index (χ4n) is 9.66. The van der Waals surface area contributed by atoms with Crippen LogP contribution < -0.4 is 9.80 Å². The summed E-state index contributed by atoms with van der Waals surface area (Å²) in [5, 5.41) is 2.57. The Morgan fingerprint density at radius 3 is 0.965 bits per heavy atom. The average molecular weight is 1110 g/mol. The maximum absolute atomic E-state index is 3.93. The minimum atomic E-state index is 1.08. The van der Waals surface area contributed by atoms with E-state index in [2.05, 4.69) is 322 Å². The molecule has 0 saturated carbocycles. The summed E-state index contributed by atoms with van der Waals surface area (Å²) in [5.74, 6) is 0. The molecule has 10 aromatic carbocycles. The Labute approximate surface area is 510 Å². The number of fused-ring (bicyclic) bond motifs is 1. The average Bonchev–Trinajstić information content (AvgIpc) is 3.76. The van der Waals surface area contributed by atoms with E-state index in [1.54, 1.807) is 6.08 Å². The summed E-state index contributed by atoms with van der Waals surface area (Å²) in [7, 11) is 0. The van der Waals surface area contributed by atoms with E-state index in [4.69, 9.17) is 0 Å². The van der Waals surface area contributed by atoms with E-state index < -0.39 is 0 Å². The lowest BCUT2D eigenvalue weighted by Crippen LogP contribution is -2.10. The van der Waals surface area contributed by atoms with Gasteiger partial charge in [-0.15, -0.1) is 0 Å². The van der Waals surface area contributed by atoms with Gasteiger partial charge in [0.05, 0.1) is 0 Å². The quantitative estimate of drug-likeness (QED) is 0.0890. The van der Waals surface area contributed by atoms with Crippen LogP contribution in [0.2, 0.25) is 0 Å². The molecule has 0 saturated heterocycles. The number of benzene rings is 10. The molecule has 0 heterocycles. The predicted octanol–water partition coefficient (Wildman–Crippen LogP) is 25.4. The second-order valence-corrected chi connectivity index (χ2v) is 19.4. The molecule has 0 aliphatic heterocycles. The molecule has 85 heavy (non-hydrogen) atoms. The SMILES string of the molecule is C=C(C)c1ccc2ccccc2c1.C=C/C=C(\C=C/C)c1ccc(N(c2ccc(C(/C=C\C)=C/C)cc2)c2ccc(-c3ccc(N(c4ccc(-c5ccccc5)cc4)c4ccc(-c5ccccc5)cc4)cc3)cc2)cc1.C=C/C=C\C.CC.CC. The van der Waals surface area contributed by atoms with Crippen molar-refractivity contribution in [2.75, 3.05) is 9.80 Å². The third-order valence-electron chi connectivity index (χ3n) is 13.8. The predicted molar refractivity (Wildman–Crippen MR) is 380 cm³/mol. The van der Waals surface area contributed by atoms with Gasteiger partial charge in [-0.2, -0.15) is 0 Å². The standard InChI is InChI=1S/C61H52N2.C13H12.C5H8.2C2H6/c1-5-15-46(8-4)50-22-34-56(35-23-50)62(57-36-24-51(25-37-57)47(16-6-2)17-7-3)60-42-30-54(31-43-60)55-32-44-61(45-33-55)63(58-38-26-52(27-39-58)48-18-11-9-12-19-48)59-40-28-53(29-41-59)49-20-13-10-14-21-49;1-10(2)12-8-7-11-5-3-4-6-13(11)9-12;1-3-5-4-2;2*1-2/h5-45H,2H2,1,3-4H3;3-9H,1H2,2H3;3-5H,1H2,2H3;2*1-2H3/b15-5-,17-7-,46-8+,47-16+;;5-4-;;. The second kappa shape index (κ2) is 34.4. The summed E-state index contributed by atoms with van der Waals surface area (Å²) in [6.45, 7) is 29.5. The van der Waals surface area contributed by atoms with Crippen molar-refractivity contribution in [1.29, 1.82) is 0 Å². The largest absolute Gasteiger partial charge is 0.311 e. The lowest BCUT2D eigenvalue weighted by Gasteiger charge is -2.27. The summed E-state index contributed by atoms with van der Waals surface area (Å²) in [6.07, 6.45) is 20.0. The van der Waals surface area contributed by atoms with E-state index in [9.17, 15) is 0 Å². The van der Waals surface area contributed by atoms with Gasteiger partial charge in [0, 0.05) is 34.1 Å². The summed E-state index contributed by atoms with van der Waals surface area (Å²) >= 11 is 0. The highest BCUT2D eigenvalue weighted by molar-refractivity contribution is 5.87. The Hall–Kier alpha value is -10.0. The highest BCUT2D eigenvalue weighted by atomic mass is 15.1. The van der Waals surface area contributed by atoms with Gasteiger partial charge in [0.25, 0.3) is 0 Å². The molecule has 0 spiro atoms.